The smallest absolute Gasteiger partial charge is 0.124 e. The second-order valence-corrected chi connectivity index (χ2v) is 4.54. The summed E-state index contributed by atoms with van der Waals surface area (Å²) < 4.78 is 2.25. The van der Waals surface area contributed by atoms with Crippen molar-refractivity contribution in [3.05, 3.63) is 30.1 Å². The Morgan fingerprint density at radius 3 is 2.81 bits per heavy atom. The van der Waals surface area contributed by atoms with E-state index >= 15 is 0 Å². The Bertz CT molecular complexity index is 476. The Hall–Kier alpha value is -1.02. The topological polar surface area (TPSA) is 17.8 Å². The molecule has 0 bridgehead atoms. The molecule has 0 fully saturated rings. The maximum Gasteiger partial charge on any atom is 0.124 e. The first kappa shape index (κ1) is 11.5. The highest BCUT2D eigenvalue weighted by molar-refractivity contribution is 6.16. The molecule has 2 nitrogen and oxygen atoms in total. The third-order valence-electron chi connectivity index (χ3n) is 3.04. The Labute approximate surface area is 101 Å². The van der Waals surface area contributed by atoms with Gasteiger partial charge in [-0.3, -0.25) is 0 Å². The number of aromatic nitrogens is 2. The highest BCUT2D eigenvalue weighted by Crippen LogP contribution is 2.19. The van der Waals surface area contributed by atoms with E-state index in [1.165, 1.54) is 11.9 Å². The van der Waals surface area contributed by atoms with E-state index in [9.17, 15) is 0 Å². The SMILES string of the molecule is CCC(C)Cn1c(CCl)nc2ccccc21. The summed E-state index contributed by atoms with van der Waals surface area (Å²) in [6.07, 6.45) is 1.17. The van der Waals surface area contributed by atoms with E-state index < -0.39 is 0 Å². The fourth-order valence-corrected chi connectivity index (χ4v) is 2.08. The molecule has 0 spiro atoms. The molecule has 0 N–H and O–H groups in total. The van der Waals surface area contributed by atoms with Gasteiger partial charge >= 0.3 is 0 Å². The second kappa shape index (κ2) is 4.88. The van der Waals surface area contributed by atoms with Gasteiger partial charge in [0.2, 0.25) is 0 Å². The summed E-state index contributed by atoms with van der Waals surface area (Å²) in [5, 5.41) is 0. The van der Waals surface area contributed by atoms with Gasteiger partial charge in [-0.15, -0.1) is 11.6 Å². The van der Waals surface area contributed by atoms with Crippen molar-refractivity contribution in [2.45, 2.75) is 32.7 Å². The van der Waals surface area contributed by atoms with Crippen LogP contribution >= 0.6 is 11.6 Å². The highest BCUT2D eigenvalue weighted by atomic mass is 35.5. The standard InChI is InChI=1S/C13H17ClN2/c1-3-10(2)9-16-12-7-5-4-6-11(12)15-13(16)8-14/h4-7,10H,3,8-9H2,1-2H3. The van der Waals surface area contributed by atoms with Gasteiger partial charge in [0.1, 0.15) is 5.82 Å². The lowest BCUT2D eigenvalue weighted by molar-refractivity contribution is 0.469. The van der Waals surface area contributed by atoms with Crippen LogP contribution in [0.2, 0.25) is 0 Å². The molecule has 2 aromatic rings. The fraction of sp³-hybridized carbons (Fsp3) is 0.462. The number of hydrogen-bond acceptors (Lipinski definition) is 1. The monoisotopic (exact) mass is 236 g/mol. The van der Waals surface area contributed by atoms with Crippen LogP contribution in [0.3, 0.4) is 0 Å². The van der Waals surface area contributed by atoms with Crippen molar-refractivity contribution in [1.29, 1.82) is 0 Å². The predicted molar refractivity (Wildman–Crippen MR) is 68.7 cm³/mol. The van der Waals surface area contributed by atoms with Crippen LogP contribution in [0.5, 0.6) is 0 Å². The van der Waals surface area contributed by atoms with Crippen LogP contribution in [0.25, 0.3) is 11.0 Å². The lowest BCUT2D eigenvalue weighted by atomic mass is 10.1. The molecule has 0 saturated heterocycles. The molecule has 3 heteroatoms. The number of para-hydroxylation sites is 2. The van der Waals surface area contributed by atoms with E-state index in [0.29, 0.717) is 11.8 Å². The number of alkyl halides is 1. The summed E-state index contributed by atoms with van der Waals surface area (Å²) in [7, 11) is 0. The van der Waals surface area contributed by atoms with Crippen molar-refractivity contribution in [3.8, 4) is 0 Å². The Morgan fingerprint density at radius 2 is 2.12 bits per heavy atom. The molecule has 1 unspecified atom stereocenters. The molecular weight excluding hydrogens is 220 g/mol. The van der Waals surface area contributed by atoms with E-state index in [2.05, 4.69) is 35.5 Å². The molecule has 1 aromatic carbocycles. The van der Waals surface area contributed by atoms with Crippen LogP contribution in [-0.4, -0.2) is 9.55 Å². The second-order valence-electron chi connectivity index (χ2n) is 4.27. The predicted octanol–water partition coefficient (Wildman–Crippen LogP) is 3.82. The van der Waals surface area contributed by atoms with Crippen LogP contribution < -0.4 is 0 Å². The van der Waals surface area contributed by atoms with Gasteiger partial charge in [0.25, 0.3) is 0 Å². The minimum absolute atomic E-state index is 0.477. The zero-order valence-corrected chi connectivity index (χ0v) is 10.5. The number of fused-ring (bicyclic) bond motifs is 1. The zero-order chi connectivity index (χ0) is 11.5. The highest BCUT2D eigenvalue weighted by Gasteiger charge is 2.11. The summed E-state index contributed by atoms with van der Waals surface area (Å²) in [5.74, 6) is 2.10. The molecular formula is C13H17ClN2. The van der Waals surface area contributed by atoms with Gasteiger partial charge in [-0.2, -0.15) is 0 Å². The van der Waals surface area contributed by atoms with Crippen molar-refractivity contribution >= 4 is 22.6 Å². The van der Waals surface area contributed by atoms with Crippen molar-refractivity contribution in [3.63, 3.8) is 0 Å². The molecule has 0 aliphatic carbocycles. The minimum atomic E-state index is 0.477. The van der Waals surface area contributed by atoms with Crippen molar-refractivity contribution in [2.24, 2.45) is 5.92 Å². The van der Waals surface area contributed by atoms with Crippen LogP contribution in [0.15, 0.2) is 24.3 Å². The van der Waals surface area contributed by atoms with Gasteiger partial charge in [0.15, 0.2) is 0 Å². The van der Waals surface area contributed by atoms with E-state index in [0.717, 1.165) is 17.9 Å². The number of hydrogen-bond donors (Lipinski definition) is 0. The number of rotatable bonds is 4. The first-order chi connectivity index (χ1) is 7.76. The zero-order valence-electron chi connectivity index (χ0n) is 9.78. The molecule has 0 radical (unpaired) electrons. The molecule has 1 heterocycles. The molecule has 1 aromatic heterocycles. The molecule has 2 rings (SSSR count). The van der Waals surface area contributed by atoms with Crippen molar-refractivity contribution < 1.29 is 0 Å². The van der Waals surface area contributed by atoms with Gasteiger partial charge in [-0.05, 0) is 18.1 Å². The molecule has 0 amide bonds. The molecule has 86 valence electrons. The minimum Gasteiger partial charge on any atom is -0.327 e. The molecule has 0 aliphatic rings. The first-order valence-corrected chi connectivity index (χ1v) is 6.29. The maximum atomic E-state index is 5.95. The van der Waals surface area contributed by atoms with Gasteiger partial charge < -0.3 is 4.57 Å². The van der Waals surface area contributed by atoms with Gasteiger partial charge in [-0.25, -0.2) is 4.98 Å². The van der Waals surface area contributed by atoms with Crippen LogP contribution in [-0.2, 0) is 12.4 Å². The van der Waals surface area contributed by atoms with Crippen LogP contribution in [0.4, 0.5) is 0 Å². The van der Waals surface area contributed by atoms with E-state index in [4.69, 9.17) is 11.6 Å². The lowest BCUT2D eigenvalue weighted by Crippen LogP contribution is -2.09. The summed E-state index contributed by atoms with van der Waals surface area (Å²) in [6.45, 7) is 5.47. The number of imidazole rings is 1. The van der Waals surface area contributed by atoms with Gasteiger partial charge in [0.05, 0.1) is 16.9 Å². The Morgan fingerprint density at radius 1 is 1.38 bits per heavy atom. The number of benzene rings is 1. The van der Waals surface area contributed by atoms with Crippen molar-refractivity contribution in [1.82, 2.24) is 9.55 Å². The summed E-state index contributed by atoms with van der Waals surface area (Å²) in [5.41, 5.74) is 2.24. The third kappa shape index (κ3) is 2.07. The van der Waals surface area contributed by atoms with Crippen LogP contribution in [0, 0.1) is 5.92 Å². The largest absolute Gasteiger partial charge is 0.327 e. The molecule has 1 atom stereocenters. The summed E-state index contributed by atoms with van der Waals surface area (Å²) >= 11 is 5.95. The Kier molecular flexibility index (Phi) is 3.49. The van der Waals surface area contributed by atoms with Gasteiger partial charge in [-0.1, -0.05) is 32.4 Å². The van der Waals surface area contributed by atoms with Crippen LogP contribution in [0.1, 0.15) is 26.1 Å². The van der Waals surface area contributed by atoms with E-state index in [-0.39, 0.29) is 0 Å². The quantitative estimate of drug-likeness (QED) is 0.738. The number of nitrogens with zero attached hydrogens (tertiary/aromatic N) is 2. The normalized spacial score (nSPS) is 13.2. The van der Waals surface area contributed by atoms with E-state index in [1.54, 1.807) is 0 Å². The lowest BCUT2D eigenvalue weighted by Gasteiger charge is -2.12. The van der Waals surface area contributed by atoms with Gasteiger partial charge in [0, 0.05) is 6.54 Å². The average molecular weight is 237 g/mol. The number of halogens is 1. The third-order valence-corrected chi connectivity index (χ3v) is 3.28. The summed E-state index contributed by atoms with van der Waals surface area (Å²) in [6, 6.07) is 8.22. The Balaban J connectivity index is 2.47. The molecule has 0 aliphatic heterocycles. The van der Waals surface area contributed by atoms with Crippen molar-refractivity contribution in [2.75, 3.05) is 0 Å². The van der Waals surface area contributed by atoms with E-state index in [1.807, 2.05) is 12.1 Å². The molecule has 16 heavy (non-hydrogen) atoms. The fourth-order valence-electron chi connectivity index (χ4n) is 1.87. The maximum absolute atomic E-state index is 5.95. The average Bonchev–Trinajstić information content (AvgIpc) is 2.67. The first-order valence-electron chi connectivity index (χ1n) is 5.76. The summed E-state index contributed by atoms with van der Waals surface area (Å²) in [4.78, 5) is 4.55. The molecule has 0 saturated carbocycles.